The molecule has 5 heteroatoms. The van der Waals surface area contributed by atoms with Crippen molar-refractivity contribution in [2.75, 3.05) is 12.2 Å². The summed E-state index contributed by atoms with van der Waals surface area (Å²) in [5.74, 6) is -0.169. The Morgan fingerprint density at radius 2 is 1.44 bits per heavy atom. The molecule has 1 aliphatic rings. The molecule has 0 aromatic heterocycles. The Morgan fingerprint density at radius 3 is 2.04 bits per heavy atom. The van der Waals surface area contributed by atoms with E-state index >= 15 is 0 Å². The van der Waals surface area contributed by atoms with Crippen molar-refractivity contribution >= 4 is 17.6 Å². The maximum absolute atomic E-state index is 13.0. The first-order chi connectivity index (χ1) is 13.3. The lowest BCUT2D eigenvalue weighted by Gasteiger charge is -2.32. The van der Waals surface area contributed by atoms with Crippen LogP contribution in [0.15, 0.2) is 96.0 Å². The summed E-state index contributed by atoms with van der Waals surface area (Å²) in [5.41, 5.74) is 0.663. The van der Waals surface area contributed by atoms with Gasteiger partial charge in [-0.15, -0.1) is 0 Å². The molecule has 0 saturated carbocycles. The second-order valence-corrected chi connectivity index (χ2v) is 6.03. The van der Waals surface area contributed by atoms with E-state index in [1.807, 2.05) is 91.0 Å². The average molecular weight is 358 g/mol. The second kappa shape index (κ2) is 6.96. The van der Waals surface area contributed by atoms with Crippen molar-refractivity contribution in [3.8, 4) is 0 Å². The minimum absolute atomic E-state index is 0.355. The molecule has 0 spiro atoms. The summed E-state index contributed by atoms with van der Waals surface area (Å²) in [6.07, 6.45) is 0. The van der Waals surface area contributed by atoms with Crippen LogP contribution >= 0.6 is 0 Å². The third-order valence-electron chi connectivity index (χ3n) is 4.39. The predicted octanol–water partition coefficient (Wildman–Crippen LogP) is 3.91. The van der Waals surface area contributed by atoms with E-state index < -0.39 is 11.6 Å². The molecule has 4 rings (SSSR count). The molecule has 27 heavy (non-hydrogen) atoms. The van der Waals surface area contributed by atoms with Crippen LogP contribution in [-0.2, 0) is 20.0 Å². The van der Waals surface area contributed by atoms with Crippen LogP contribution < -0.4 is 5.06 Å². The maximum atomic E-state index is 13.0. The minimum atomic E-state index is -1.47. The van der Waals surface area contributed by atoms with Gasteiger partial charge in [-0.25, -0.2) is 9.79 Å². The zero-order chi connectivity index (χ0) is 18.7. The van der Waals surface area contributed by atoms with Crippen LogP contribution in [0, 0.1) is 0 Å². The zero-order valence-electron chi connectivity index (χ0n) is 14.8. The average Bonchev–Trinajstić information content (AvgIpc) is 3.17. The molecule has 0 aliphatic carbocycles. The minimum Gasteiger partial charge on any atom is -0.465 e. The fourth-order valence-electron chi connectivity index (χ4n) is 3.11. The summed E-state index contributed by atoms with van der Waals surface area (Å²) in [7, 11) is 1.35. The van der Waals surface area contributed by atoms with Crippen molar-refractivity contribution in [3.63, 3.8) is 0 Å². The number of methoxy groups -OCH3 is 1. The number of hydrogen-bond donors (Lipinski definition) is 0. The Morgan fingerprint density at radius 1 is 0.889 bits per heavy atom. The summed E-state index contributed by atoms with van der Waals surface area (Å²) in [6, 6.07) is 28.2. The van der Waals surface area contributed by atoms with Gasteiger partial charge >= 0.3 is 5.97 Å². The topological polar surface area (TPSA) is 51.1 Å². The van der Waals surface area contributed by atoms with Crippen molar-refractivity contribution in [2.24, 2.45) is 4.99 Å². The summed E-state index contributed by atoms with van der Waals surface area (Å²) in [5, 5.41) is 1.51. The molecule has 0 amide bonds. The summed E-state index contributed by atoms with van der Waals surface area (Å²) >= 11 is 0. The van der Waals surface area contributed by atoms with E-state index in [1.54, 1.807) is 0 Å². The van der Waals surface area contributed by atoms with Gasteiger partial charge in [-0.1, -0.05) is 66.7 Å². The van der Waals surface area contributed by atoms with Gasteiger partial charge in [-0.2, -0.15) is 5.06 Å². The van der Waals surface area contributed by atoms with E-state index in [9.17, 15) is 4.79 Å². The molecule has 1 aliphatic heterocycles. The molecule has 0 fully saturated rings. The van der Waals surface area contributed by atoms with Gasteiger partial charge < -0.3 is 9.57 Å². The SMILES string of the molecule is COC(=O)C1(c2ccccc2)N=C(c2ccccc2)ON1c1ccccc1. The van der Waals surface area contributed by atoms with Crippen LogP contribution in [-0.4, -0.2) is 19.0 Å². The van der Waals surface area contributed by atoms with Gasteiger partial charge in [0.15, 0.2) is 0 Å². The summed E-state index contributed by atoms with van der Waals surface area (Å²) < 4.78 is 5.16. The molecule has 0 saturated heterocycles. The van der Waals surface area contributed by atoms with E-state index in [2.05, 4.69) is 0 Å². The molecule has 3 aromatic carbocycles. The standard InChI is InChI=1S/C22H18N2O3/c1-26-21(25)22(18-13-7-3-8-14-18)23-20(17-11-5-2-6-12-17)27-24(22)19-15-9-4-10-16-19/h2-16H,1H3. The molecule has 3 aromatic rings. The quantitative estimate of drug-likeness (QED) is 0.664. The van der Waals surface area contributed by atoms with E-state index in [4.69, 9.17) is 14.6 Å². The number of rotatable bonds is 4. The lowest BCUT2D eigenvalue weighted by molar-refractivity contribution is -0.148. The molecule has 134 valence electrons. The molecule has 1 unspecified atom stereocenters. The number of nitrogens with zero attached hydrogens (tertiary/aromatic N) is 2. The van der Waals surface area contributed by atoms with Crippen LogP contribution in [0.1, 0.15) is 11.1 Å². The zero-order valence-corrected chi connectivity index (χ0v) is 14.8. The van der Waals surface area contributed by atoms with E-state index in [1.165, 1.54) is 12.2 Å². The lowest BCUT2D eigenvalue weighted by Crippen LogP contribution is -2.48. The number of anilines is 1. The number of esters is 1. The molecule has 1 atom stereocenters. The van der Waals surface area contributed by atoms with E-state index in [0.717, 1.165) is 5.56 Å². The Kier molecular flexibility index (Phi) is 4.34. The van der Waals surface area contributed by atoms with Crippen LogP contribution in [0.3, 0.4) is 0 Å². The Balaban J connectivity index is 1.94. The van der Waals surface area contributed by atoms with Gasteiger partial charge in [-0.05, 0) is 24.3 Å². The fourth-order valence-corrected chi connectivity index (χ4v) is 3.11. The third-order valence-corrected chi connectivity index (χ3v) is 4.39. The summed E-state index contributed by atoms with van der Waals surface area (Å²) in [6.45, 7) is 0. The first-order valence-electron chi connectivity index (χ1n) is 8.58. The highest BCUT2D eigenvalue weighted by atomic mass is 16.7. The van der Waals surface area contributed by atoms with Gasteiger partial charge in [0.25, 0.3) is 11.6 Å². The number of hydroxylamine groups is 1. The van der Waals surface area contributed by atoms with Gasteiger partial charge in [-0.3, -0.25) is 0 Å². The van der Waals surface area contributed by atoms with Crippen LogP contribution in [0.25, 0.3) is 0 Å². The predicted molar refractivity (Wildman–Crippen MR) is 103 cm³/mol. The molecule has 0 bridgehead atoms. The van der Waals surface area contributed by atoms with Crippen LogP contribution in [0.4, 0.5) is 5.69 Å². The highest BCUT2D eigenvalue weighted by Gasteiger charge is 2.54. The fraction of sp³-hybridized carbons (Fsp3) is 0.0909. The van der Waals surface area contributed by atoms with Crippen LogP contribution in [0.5, 0.6) is 0 Å². The third kappa shape index (κ3) is 2.83. The molecule has 0 radical (unpaired) electrons. The second-order valence-electron chi connectivity index (χ2n) is 6.03. The van der Waals surface area contributed by atoms with E-state index in [0.29, 0.717) is 17.1 Å². The summed E-state index contributed by atoms with van der Waals surface area (Å²) in [4.78, 5) is 23.9. The van der Waals surface area contributed by atoms with E-state index in [-0.39, 0.29) is 0 Å². The van der Waals surface area contributed by atoms with Crippen molar-refractivity contribution < 1.29 is 14.4 Å². The van der Waals surface area contributed by atoms with Gasteiger partial charge in [0.1, 0.15) is 0 Å². The highest BCUT2D eigenvalue weighted by Crippen LogP contribution is 2.41. The van der Waals surface area contributed by atoms with Crippen LogP contribution in [0.2, 0.25) is 0 Å². The monoisotopic (exact) mass is 358 g/mol. The normalized spacial score (nSPS) is 18.6. The highest BCUT2D eigenvalue weighted by molar-refractivity contribution is 6.01. The number of carbonyl (C=O) groups excluding carboxylic acids is 1. The van der Waals surface area contributed by atoms with Crippen molar-refractivity contribution in [3.05, 3.63) is 102 Å². The molecular formula is C22H18N2O3. The number of ether oxygens (including phenoxy) is 1. The molecule has 5 nitrogen and oxygen atoms in total. The first kappa shape index (κ1) is 16.8. The number of benzene rings is 3. The first-order valence-corrected chi connectivity index (χ1v) is 8.58. The van der Waals surface area contributed by atoms with Crippen molar-refractivity contribution in [1.29, 1.82) is 0 Å². The Labute approximate surface area is 157 Å². The smallest absolute Gasteiger partial charge is 0.363 e. The van der Waals surface area contributed by atoms with Gasteiger partial charge in [0.05, 0.1) is 12.8 Å². The Bertz CT molecular complexity index is 959. The number of aliphatic imine (C=N–C) groups is 1. The number of carbonyl (C=O) groups is 1. The number of hydrogen-bond acceptors (Lipinski definition) is 5. The largest absolute Gasteiger partial charge is 0.465 e. The molecule has 1 heterocycles. The van der Waals surface area contributed by atoms with Gasteiger partial charge in [0, 0.05) is 11.1 Å². The maximum Gasteiger partial charge on any atom is 0.363 e. The Hall–Kier alpha value is -3.60. The van der Waals surface area contributed by atoms with Crippen molar-refractivity contribution in [1.82, 2.24) is 0 Å². The van der Waals surface area contributed by atoms with Crippen molar-refractivity contribution in [2.45, 2.75) is 5.66 Å². The number of para-hydroxylation sites is 1. The van der Waals surface area contributed by atoms with Gasteiger partial charge in [0.2, 0.25) is 0 Å². The molecule has 0 N–H and O–H groups in total. The lowest BCUT2D eigenvalue weighted by atomic mass is 9.99. The molecular weight excluding hydrogens is 340 g/mol.